The highest BCUT2D eigenvalue weighted by molar-refractivity contribution is 5.49. The van der Waals surface area contributed by atoms with Crippen LogP contribution in [-0.2, 0) is 6.54 Å². The fourth-order valence-corrected chi connectivity index (χ4v) is 1.21. The second-order valence-corrected chi connectivity index (χ2v) is 3.05. The maximum absolute atomic E-state index is 11.3. The summed E-state index contributed by atoms with van der Waals surface area (Å²) >= 11 is 0. The highest BCUT2D eigenvalue weighted by atomic mass is 16.4. The summed E-state index contributed by atoms with van der Waals surface area (Å²) in [7, 11) is 0. The first-order valence-corrected chi connectivity index (χ1v) is 4.66. The topological polar surface area (TPSA) is 84.7 Å². The first kappa shape index (κ1) is 10.1. The third-order valence-corrected chi connectivity index (χ3v) is 1.95. The van der Waals surface area contributed by atoms with Crippen LogP contribution in [0.2, 0.25) is 0 Å². The normalized spacial score (nSPS) is 9.94. The number of rotatable bonds is 3. The molecular weight excluding hydrogens is 208 g/mol. The Labute approximate surface area is 90.8 Å². The summed E-state index contributed by atoms with van der Waals surface area (Å²) in [6, 6.07) is 5.41. The molecule has 0 amide bonds. The van der Waals surface area contributed by atoms with E-state index in [9.17, 15) is 4.79 Å². The van der Waals surface area contributed by atoms with Gasteiger partial charge in [-0.15, -0.1) is 5.10 Å². The van der Waals surface area contributed by atoms with Gasteiger partial charge in [0.05, 0.1) is 24.6 Å². The van der Waals surface area contributed by atoms with Crippen molar-refractivity contribution in [3.05, 3.63) is 35.1 Å². The molecule has 2 aromatic rings. The minimum Gasteiger partial charge on any atom is -0.388 e. The van der Waals surface area contributed by atoms with Crippen molar-refractivity contribution in [2.45, 2.75) is 13.0 Å². The van der Waals surface area contributed by atoms with Gasteiger partial charge in [-0.25, -0.2) is 4.79 Å². The molecule has 2 aromatic heterocycles. The maximum atomic E-state index is 11.3. The lowest BCUT2D eigenvalue weighted by atomic mass is 10.3. The molecule has 0 bridgehead atoms. The van der Waals surface area contributed by atoms with Crippen molar-refractivity contribution in [1.29, 1.82) is 5.26 Å². The predicted molar refractivity (Wildman–Crippen MR) is 54.2 cm³/mol. The van der Waals surface area contributed by atoms with E-state index in [4.69, 9.17) is 9.68 Å². The molecule has 0 atom stereocenters. The molecule has 0 radical (unpaired) electrons. The molecular formula is C10H8N4O2. The van der Waals surface area contributed by atoms with Crippen LogP contribution in [0.3, 0.4) is 0 Å². The smallest absolute Gasteiger partial charge is 0.388 e. The summed E-state index contributed by atoms with van der Waals surface area (Å²) in [5.41, 5.74) is 0.635. The molecule has 6 heteroatoms. The SMILES string of the molecule is N#CCCn1nc(-c2cccnc2)oc1=O. The first-order chi connectivity index (χ1) is 7.81. The van der Waals surface area contributed by atoms with Crippen molar-refractivity contribution in [3.63, 3.8) is 0 Å². The number of hydrogen-bond donors (Lipinski definition) is 0. The number of aryl methyl sites for hydroxylation is 1. The van der Waals surface area contributed by atoms with Crippen LogP contribution in [0.15, 0.2) is 33.7 Å². The maximum Gasteiger partial charge on any atom is 0.437 e. The quantitative estimate of drug-likeness (QED) is 0.757. The van der Waals surface area contributed by atoms with Crippen molar-refractivity contribution in [3.8, 4) is 17.5 Å². The van der Waals surface area contributed by atoms with E-state index >= 15 is 0 Å². The van der Waals surface area contributed by atoms with Gasteiger partial charge in [-0.3, -0.25) is 4.98 Å². The molecule has 6 nitrogen and oxygen atoms in total. The van der Waals surface area contributed by atoms with E-state index in [0.717, 1.165) is 4.68 Å². The molecule has 2 rings (SSSR count). The van der Waals surface area contributed by atoms with E-state index in [1.807, 2.05) is 6.07 Å². The van der Waals surface area contributed by atoms with Gasteiger partial charge >= 0.3 is 5.76 Å². The summed E-state index contributed by atoms with van der Waals surface area (Å²) < 4.78 is 6.08. The Bertz CT molecular complexity index is 564. The van der Waals surface area contributed by atoms with Gasteiger partial charge < -0.3 is 4.42 Å². The Morgan fingerprint density at radius 1 is 1.56 bits per heavy atom. The zero-order valence-corrected chi connectivity index (χ0v) is 8.33. The second kappa shape index (κ2) is 4.40. The van der Waals surface area contributed by atoms with Gasteiger partial charge in [0.15, 0.2) is 0 Å². The van der Waals surface area contributed by atoms with Crippen molar-refractivity contribution >= 4 is 0 Å². The number of hydrogen-bond acceptors (Lipinski definition) is 5. The van der Waals surface area contributed by atoms with Crippen molar-refractivity contribution < 1.29 is 4.42 Å². The van der Waals surface area contributed by atoms with E-state index < -0.39 is 5.76 Å². The Kier molecular flexibility index (Phi) is 2.78. The Morgan fingerprint density at radius 2 is 2.44 bits per heavy atom. The molecule has 0 N–H and O–H groups in total. The van der Waals surface area contributed by atoms with Crippen LogP contribution in [0.1, 0.15) is 6.42 Å². The van der Waals surface area contributed by atoms with Crippen LogP contribution in [0.5, 0.6) is 0 Å². The minimum atomic E-state index is -0.561. The molecule has 16 heavy (non-hydrogen) atoms. The lowest BCUT2D eigenvalue weighted by Gasteiger charge is -1.91. The zero-order chi connectivity index (χ0) is 11.4. The van der Waals surface area contributed by atoms with Gasteiger partial charge in [-0.2, -0.15) is 9.94 Å². The Morgan fingerprint density at radius 3 is 3.12 bits per heavy atom. The van der Waals surface area contributed by atoms with Gasteiger partial charge in [-0.05, 0) is 12.1 Å². The van der Waals surface area contributed by atoms with E-state index in [1.54, 1.807) is 24.5 Å². The summed E-state index contributed by atoms with van der Waals surface area (Å²) in [6.07, 6.45) is 3.40. The zero-order valence-electron chi connectivity index (χ0n) is 8.33. The molecule has 0 saturated carbocycles. The van der Waals surface area contributed by atoms with Gasteiger partial charge in [0.2, 0.25) is 0 Å². The highest BCUT2D eigenvalue weighted by Crippen LogP contribution is 2.12. The summed E-state index contributed by atoms with van der Waals surface area (Å²) in [5.74, 6) is -0.342. The van der Waals surface area contributed by atoms with Crippen LogP contribution in [0, 0.1) is 11.3 Å². The van der Waals surface area contributed by atoms with Crippen LogP contribution in [-0.4, -0.2) is 14.8 Å². The number of aromatic nitrogens is 3. The van der Waals surface area contributed by atoms with E-state index in [-0.39, 0.29) is 18.9 Å². The Hall–Kier alpha value is -2.42. The van der Waals surface area contributed by atoms with Crippen LogP contribution < -0.4 is 5.76 Å². The van der Waals surface area contributed by atoms with Gasteiger partial charge in [0, 0.05) is 12.4 Å². The van der Waals surface area contributed by atoms with Crippen LogP contribution >= 0.6 is 0 Å². The molecule has 0 fully saturated rings. The molecule has 0 unspecified atom stereocenters. The molecule has 0 aliphatic heterocycles. The van der Waals surface area contributed by atoms with Crippen molar-refractivity contribution in [2.75, 3.05) is 0 Å². The fourth-order valence-electron chi connectivity index (χ4n) is 1.21. The van der Waals surface area contributed by atoms with Gasteiger partial charge in [-0.1, -0.05) is 0 Å². The van der Waals surface area contributed by atoms with Crippen molar-refractivity contribution in [2.24, 2.45) is 0 Å². The Balaban J connectivity index is 2.32. The second-order valence-electron chi connectivity index (χ2n) is 3.05. The first-order valence-electron chi connectivity index (χ1n) is 4.66. The lowest BCUT2D eigenvalue weighted by molar-refractivity contribution is 0.484. The lowest BCUT2D eigenvalue weighted by Crippen LogP contribution is -2.15. The standard InChI is InChI=1S/C10H8N4O2/c11-4-2-6-14-10(15)16-9(13-14)8-3-1-5-12-7-8/h1,3,5,7H,2,6H2. The predicted octanol–water partition coefficient (Wildman–Crippen LogP) is 0.812. The average molecular weight is 216 g/mol. The largest absolute Gasteiger partial charge is 0.437 e. The van der Waals surface area contributed by atoms with Gasteiger partial charge in [0.25, 0.3) is 5.89 Å². The number of pyridine rings is 1. The monoisotopic (exact) mass is 216 g/mol. The van der Waals surface area contributed by atoms with Crippen LogP contribution in [0.4, 0.5) is 0 Å². The molecule has 0 spiro atoms. The summed E-state index contributed by atoms with van der Waals surface area (Å²) in [6.45, 7) is 0.235. The molecule has 80 valence electrons. The average Bonchev–Trinajstić information content (AvgIpc) is 2.69. The minimum absolute atomic E-state index is 0.219. The number of nitriles is 1. The van der Waals surface area contributed by atoms with Crippen LogP contribution in [0.25, 0.3) is 11.5 Å². The molecule has 0 aromatic carbocycles. The molecule has 0 aliphatic rings. The number of nitrogens with zero attached hydrogens (tertiary/aromatic N) is 4. The molecule has 0 saturated heterocycles. The summed E-state index contributed by atoms with van der Waals surface area (Å²) in [4.78, 5) is 15.2. The summed E-state index contributed by atoms with van der Waals surface area (Å²) in [5, 5.41) is 12.4. The van der Waals surface area contributed by atoms with Gasteiger partial charge in [0.1, 0.15) is 0 Å². The highest BCUT2D eigenvalue weighted by Gasteiger charge is 2.09. The van der Waals surface area contributed by atoms with E-state index in [2.05, 4.69) is 10.1 Å². The molecule has 0 aliphatic carbocycles. The van der Waals surface area contributed by atoms with E-state index in [1.165, 1.54) is 0 Å². The van der Waals surface area contributed by atoms with E-state index in [0.29, 0.717) is 5.56 Å². The van der Waals surface area contributed by atoms with Crippen molar-refractivity contribution in [1.82, 2.24) is 14.8 Å². The fraction of sp³-hybridized carbons (Fsp3) is 0.200. The molecule has 2 heterocycles. The third-order valence-electron chi connectivity index (χ3n) is 1.95. The third kappa shape index (κ3) is 1.98.